The van der Waals surface area contributed by atoms with Crippen LogP contribution in [0.1, 0.15) is 42.0 Å². The Morgan fingerprint density at radius 3 is 2.63 bits per heavy atom. The number of nitrogens with one attached hydrogen (secondary N) is 1. The van der Waals surface area contributed by atoms with Gasteiger partial charge < -0.3 is 9.73 Å². The predicted octanol–water partition coefficient (Wildman–Crippen LogP) is 4.75. The molecule has 0 radical (unpaired) electrons. The average Bonchev–Trinajstić information content (AvgIpc) is 2.81. The summed E-state index contributed by atoms with van der Waals surface area (Å²) in [5, 5.41) is 3.57. The largest absolute Gasteiger partial charge is 0.464 e. The maximum atomic E-state index is 5.81. The zero-order valence-corrected chi connectivity index (χ0v) is 13.3. The highest BCUT2D eigenvalue weighted by atomic mass is 79.9. The van der Waals surface area contributed by atoms with Gasteiger partial charge in [-0.2, -0.15) is 0 Å². The zero-order chi connectivity index (χ0) is 13.8. The summed E-state index contributed by atoms with van der Waals surface area (Å²) in [6, 6.07) is 10.5. The minimum atomic E-state index is 0.117. The molecule has 19 heavy (non-hydrogen) atoms. The molecule has 1 unspecified atom stereocenters. The Morgan fingerprint density at radius 1 is 1.21 bits per heavy atom. The summed E-state index contributed by atoms with van der Waals surface area (Å²) in [5.74, 6) is 1.93. The third-order valence-electron chi connectivity index (χ3n) is 3.26. The van der Waals surface area contributed by atoms with Crippen LogP contribution in [0, 0.1) is 13.8 Å². The molecule has 1 aromatic carbocycles. The van der Waals surface area contributed by atoms with Gasteiger partial charge in [-0.3, -0.25) is 0 Å². The first kappa shape index (κ1) is 14.4. The van der Waals surface area contributed by atoms with Crippen molar-refractivity contribution in [1.82, 2.24) is 5.32 Å². The highest BCUT2D eigenvalue weighted by Gasteiger charge is 2.19. The van der Waals surface area contributed by atoms with Gasteiger partial charge in [-0.15, -0.1) is 0 Å². The first-order valence-electron chi connectivity index (χ1n) is 6.68. The summed E-state index contributed by atoms with van der Waals surface area (Å²) < 4.78 is 6.95. The molecule has 3 heteroatoms. The molecule has 2 rings (SSSR count). The number of hydrogen-bond donors (Lipinski definition) is 1. The van der Waals surface area contributed by atoms with Crippen LogP contribution in [0.25, 0.3) is 0 Å². The molecule has 0 aliphatic rings. The Balaban J connectivity index is 2.39. The van der Waals surface area contributed by atoms with Crippen molar-refractivity contribution >= 4 is 15.9 Å². The fraction of sp³-hybridized carbons (Fsp3) is 0.375. The molecule has 1 heterocycles. The quantitative estimate of drug-likeness (QED) is 0.859. The van der Waals surface area contributed by atoms with Gasteiger partial charge in [-0.05, 0) is 56.1 Å². The second-order valence-electron chi connectivity index (χ2n) is 4.79. The van der Waals surface area contributed by atoms with Crippen molar-refractivity contribution in [2.75, 3.05) is 6.54 Å². The maximum absolute atomic E-state index is 5.81. The van der Waals surface area contributed by atoms with Gasteiger partial charge in [0.25, 0.3) is 0 Å². The van der Waals surface area contributed by atoms with Crippen molar-refractivity contribution in [2.45, 2.75) is 33.2 Å². The minimum Gasteiger partial charge on any atom is -0.464 e. The van der Waals surface area contributed by atoms with E-state index in [1.807, 2.05) is 13.0 Å². The van der Waals surface area contributed by atoms with Crippen LogP contribution in [0.4, 0.5) is 0 Å². The number of furan rings is 1. The molecule has 1 aromatic heterocycles. The van der Waals surface area contributed by atoms with Crippen LogP contribution >= 0.6 is 15.9 Å². The molecule has 0 saturated heterocycles. The van der Waals surface area contributed by atoms with Crippen LogP contribution in [-0.2, 0) is 0 Å². The summed E-state index contributed by atoms with van der Waals surface area (Å²) in [4.78, 5) is 0. The van der Waals surface area contributed by atoms with Crippen LogP contribution in [0.3, 0.4) is 0 Å². The van der Waals surface area contributed by atoms with E-state index in [0.717, 1.165) is 29.0 Å². The first-order valence-corrected chi connectivity index (χ1v) is 7.47. The van der Waals surface area contributed by atoms with E-state index in [1.54, 1.807) is 0 Å². The zero-order valence-electron chi connectivity index (χ0n) is 11.7. The van der Waals surface area contributed by atoms with Crippen molar-refractivity contribution in [3.05, 3.63) is 57.5 Å². The second-order valence-corrected chi connectivity index (χ2v) is 5.64. The lowest BCUT2D eigenvalue weighted by atomic mass is 9.99. The molecule has 2 nitrogen and oxygen atoms in total. The lowest BCUT2D eigenvalue weighted by Gasteiger charge is -2.19. The standard InChI is InChI=1S/C16H20BrNO/c1-4-10-18-16(15-9-8-11(2)19-15)13-6-5-7-14(17)12(13)3/h5-9,16,18H,4,10H2,1-3H3. The topological polar surface area (TPSA) is 25.2 Å². The highest BCUT2D eigenvalue weighted by molar-refractivity contribution is 9.10. The van der Waals surface area contributed by atoms with E-state index in [4.69, 9.17) is 4.42 Å². The van der Waals surface area contributed by atoms with Gasteiger partial charge >= 0.3 is 0 Å². The third kappa shape index (κ3) is 3.28. The monoisotopic (exact) mass is 321 g/mol. The lowest BCUT2D eigenvalue weighted by Crippen LogP contribution is -2.23. The van der Waals surface area contributed by atoms with E-state index < -0.39 is 0 Å². The molecule has 0 amide bonds. The van der Waals surface area contributed by atoms with Crippen LogP contribution in [0.5, 0.6) is 0 Å². The molecule has 0 saturated carbocycles. The Labute approximate surface area is 123 Å². The molecule has 0 spiro atoms. The molecule has 0 fully saturated rings. The molecule has 0 aliphatic carbocycles. The lowest BCUT2D eigenvalue weighted by molar-refractivity contribution is 0.429. The molecule has 1 N–H and O–H groups in total. The number of rotatable bonds is 5. The molecule has 0 aliphatic heterocycles. The SMILES string of the molecule is CCCNC(c1ccc(C)o1)c1cccc(Br)c1C. The van der Waals surface area contributed by atoms with Crippen molar-refractivity contribution in [3.63, 3.8) is 0 Å². The molecule has 102 valence electrons. The number of hydrogen-bond acceptors (Lipinski definition) is 2. The van der Waals surface area contributed by atoms with Crippen LogP contribution in [0.2, 0.25) is 0 Å². The van der Waals surface area contributed by atoms with E-state index in [2.05, 4.69) is 59.4 Å². The smallest absolute Gasteiger partial charge is 0.125 e. The van der Waals surface area contributed by atoms with Gasteiger partial charge in [0.15, 0.2) is 0 Å². The Kier molecular flexibility index (Phi) is 4.83. The van der Waals surface area contributed by atoms with E-state index in [9.17, 15) is 0 Å². The molecular weight excluding hydrogens is 302 g/mol. The van der Waals surface area contributed by atoms with Gasteiger partial charge in [0.05, 0.1) is 6.04 Å². The molecular formula is C16H20BrNO. The third-order valence-corrected chi connectivity index (χ3v) is 4.12. The minimum absolute atomic E-state index is 0.117. The summed E-state index contributed by atoms with van der Waals surface area (Å²) in [7, 11) is 0. The van der Waals surface area contributed by atoms with Gasteiger partial charge in [-0.1, -0.05) is 35.0 Å². The van der Waals surface area contributed by atoms with E-state index >= 15 is 0 Å². The maximum Gasteiger partial charge on any atom is 0.125 e. The van der Waals surface area contributed by atoms with Crippen molar-refractivity contribution in [3.8, 4) is 0 Å². The van der Waals surface area contributed by atoms with Crippen molar-refractivity contribution in [2.24, 2.45) is 0 Å². The number of halogens is 1. The first-order chi connectivity index (χ1) is 9.13. The molecule has 1 atom stereocenters. The number of aryl methyl sites for hydroxylation is 1. The normalized spacial score (nSPS) is 12.6. The molecule has 0 bridgehead atoms. The second kappa shape index (κ2) is 6.40. The summed E-state index contributed by atoms with van der Waals surface area (Å²) in [6.07, 6.45) is 1.10. The Morgan fingerprint density at radius 2 is 2.00 bits per heavy atom. The van der Waals surface area contributed by atoms with E-state index in [1.165, 1.54) is 11.1 Å². The van der Waals surface area contributed by atoms with Crippen LogP contribution < -0.4 is 5.32 Å². The van der Waals surface area contributed by atoms with Crippen molar-refractivity contribution < 1.29 is 4.42 Å². The number of benzene rings is 1. The summed E-state index contributed by atoms with van der Waals surface area (Å²) in [5.41, 5.74) is 2.52. The van der Waals surface area contributed by atoms with Crippen LogP contribution in [-0.4, -0.2) is 6.54 Å². The van der Waals surface area contributed by atoms with Gasteiger partial charge in [0.2, 0.25) is 0 Å². The highest BCUT2D eigenvalue weighted by Crippen LogP contribution is 2.30. The van der Waals surface area contributed by atoms with Gasteiger partial charge in [0.1, 0.15) is 11.5 Å². The van der Waals surface area contributed by atoms with E-state index in [0.29, 0.717) is 0 Å². The predicted molar refractivity (Wildman–Crippen MR) is 82.5 cm³/mol. The van der Waals surface area contributed by atoms with Gasteiger partial charge in [0, 0.05) is 4.47 Å². The summed E-state index contributed by atoms with van der Waals surface area (Å²) in [6.45, 7) is 7.26. The Hall–Kier alpha value is -1.06. The Bertz CT molecular complexity index is 547. The van der Waals surface area contributed by atoms with Gasteiger partial charge in [-0.25, -0.2) is 0 Å². The summed E-state index contributed by atoms with van der Waals surface area (Å²) >= 11 is 3.60. The molecule has 2 aromatic rings. The van der Waals surface area contributed by atoms with Crippen molar-refractivity contribution in [1.29, 1.82) is 0 Å². The average molecular weight is 322 g/mol. The van der Waals surface area contributed by atoms with E-state index in [-0.39, 0.29) is 6.04 Å². The van der Waals surface area contributed by atoms with Crippen LogP contribution in [0.15, 0.2) is 39.2 Å². The fourth-order valence-corrected chi connectivity index (χ4v) is 2.58. The fourth-order valence-electron chi connectivity index (χ4n) is 2.20.